The van der Waals surface area contributed by atoms with E-state index in [9.17, 15) is 0 Å². The number of pyridine rings is 2. The summed E-state index contributed by atoms with van der Waals surface area (Å²) in [7, 11) is 0. The van der Waals surface area contributed by atoms with Gasteiger partial charge in [-0.05, 0) is 68.1 Å². The Labute approximate surface area is 169 Å². The second-order valence-electron chi connectivity index (χ2n) is 9.15. The molecule has 0 radical (unpaired) electrons. The molecule has 2 saturated heterocycles. The summed E-state index contributed by atoms with van der Waals surface area (Å²) in [5.41, 5.74) is 3.37. The molecule has 4 heterocycles. The quantitative estimate of drug-likeness (QED) is 0.789. The lowest BCUT2D eigenvalue weighted by Crippen LogP contribution is -2.63. The molecule has 3 aliphatic rings. The summed E-state index contributed by atoms with van der Waals surface area (Å²) >= 11 is 0. The summed E-state index contributed by atoms with van der Waals surface area (Å²) in [6.45, 7) is 4.75. The molecule has 28 heavy (non-hydrogen) atoms. The smallest absolute Gasteiger partial charge is 0.0420 e. The summed E-state index contributed by atoms with van der Waals surface area (Å²) in [4.78, 5) is 14.0. The minimum absolute atomic E-state index is 0.534. The maximum Gasteiger partial charge on any atom is 0.0420 e. The molecular formula is C24H32N4. The van der Waals surface area contributed by atoms with Crippen LogP contribution in [-0.2, 0) is 6.54 Å². The Bertz CT molecular complexity index is 749. The van der Waals surface area contributed by atoms with Gasteiger partial charge < -0.3 is 0 Å². The third-order valence-corrected chi connectivity index (χ3v) is 7.44. The minimum atomic E-state index is 0.534. The Hall–Kier alpha value is -1.78. The molecular weight excluding hydrogens is 344 g/mol. The van der Waals surface area contributed by atoms with Gasteiger partial charge in [0.2, 0.25) is 0 Å². The third-order valence-electron chi connectivity index (χ3n) is 7.44. The molecule has 2 aliphatic heterocycles. The topological polar surface area (TPSA) is 32.3 Å². The molecule has 148 valence electrons. The van der Waals surface area contributed by atoms with Gasteiger partial charge in [0.15, 0.2) is 0 Å². The van der Waals surface area contributed by atoms with Gasteiger partial charge in [0.05, 0.1) is 0 Å². The second-order valence-corrected chi connectivity index (χ2v) is 9.15. The highest BCUT2D eigenvalue weighted by atomic mass is 15.3. The molecule has 3 fully saturated rings. The van der Waals surface area contributed by atoms with Crippen molar-refractivity contribution in [3.8, 4) is 0 Å². The molecule has 4 heteroatoms. The van der Waals surface area contributed by atoms with E-state index >= 15 is 0 Å². The highest BCUT2D eigenvalue weighted by Gasteiger charge is 2.54. The van der Waals surface area contributed by atoms with Crippen LogP contribution < -0.4 is 0 Å². The first-order valence-electron chi connectivity index (χ1n) is 11.1. The zero-order chi connectivity index (χ0) is 18.8. The van der Waals surface area contributed by atoms with Crippen molar-refractivity contribution < 1.29 is 0 Å². The fraction of sp³-hybridized carbons (Fsp3) is 0.583. The van der Waals surface area contributed by atoms with Gasteiger partial charge in [-0.1, -0.05) is 25.3 Å². The fourth-order valence-electron chi connectivity index (χ4n) is 6.06. The molecule has 1 aliphatic carbocycles. The van der Waals surface area contributed by atoms with Crippen LogP contribution in [0.1, 0.15) is 62.1 Å². The maximum atomic E-state index is 4.28. The number of likely N-dealkylation sites (tertiary alicyclic amines) is 2. The van der Waals surface area contributed by atoms with E-state index in [1.165, 1.54) is 75.7 Å². The lowest BCUT2D eigenvalue weighted by atomic mass is 9.60. The highest BCUT2D eigenvalue weighted by molar-refractivity contribution is 5.25. The van der Waals surface area contributed by atoms with Crippen molar-refractivity contribution in [3.05, 3.63) is 60.2 Å². The zero-order valence-electron chi connectivity index (χ0n) is 16.8. The van der Waals surface area contributed by atoms with Crippen molar-refractivity contribution in [1.82, 2.24) is 19.8 Å². The van der Waals surface area contributed by atoms with E-state index < -0.39 is 0 Å². The van der Waals surface area contributed by atoms with Crippen molar-refractivity contribution in [2.45, 2.75) is 63.6 Å². The van der Waals surface area contributed by atoms with E-state index in [1.54, 1.807) is 0 Å². The van der Waals surface area contributed by atoms with E-state index in [0.717, 1.165) is 12.6 Å². The number of hydrogen-bond acceptors (Lipinski definition) is 4. The Morgan fingerprint density at radius 1 is 0.929 bits per heavy atom. The van der Waals surface area contributed by atoms with Gasteiger partial charge >= 0.3 is 0 Å². The first-order valence-corrected chi connectivity index (χ1v) is 11.1. The average Bonchev–Trinajstić information content (AvgIpc) is 2.75. The Kier molecular flexibility index (Phi) is 5.17. The predicted molar refractivity (Wildman–Crippen MR) is 112 cm³/mol. The molecule has 0 N–H and O–H groups in total. The zero-order valence-corrected chi connectivity index (χ0v) is 16.8. The Morgan fingerprint density at radius 2 is 1.71 bits per heavy atom. The molecule has 5 rings (SSSR count). The van der Waals surface area contributed by atoms with Gasteiger partial charge in [-0.25, -0.2) is 0 Å². The Morgan fingerprint density at radius 3 is 2.43 bits per heavy atom. The lowest BCUT2D eigenvalue weighted by molar-refractivity contribution is -0.133. The molecule has 1 saturated carbocycles. The molecule has 0 amide bonds. The van der Waals surface area contributed by atoms with Crippen LogP contribution in [0.25, 0.3) is 0 Å². The van der Waals surface area contributed by atoms with Crippen molar-refractivity contribution in [1.29, 1.82) is 0 Å². The van der Waals surface area contributed by atoms with Crippen LogP contribution in [0, 0.1) is 5.41 Å². The number of hydrogen-bond donors (Lipinski definition) is 0. The summed E-state index contributed by atoms with van der Waals surface area (Å²) in [6, 6.07) is 10.1. The molecule has 0 aromatic carbocycles. The SMILES string of the molecule is c1cncc(CN2CCC(N3CC4(CCCCC4)[C@H]3c3ccncc3)CC2)c1. The first-order chi connectivity index (χ1) is 13.8. The van der Waals surface area contributed by atoms with Crippen molar-refractivity contribution in [2.24, 2.45) is 5.41 Å². The van der Waals surface area contributed by atoms with E-state index in [1.807, 2.05) is 30.9 Å². The van der Waals surface area contributed by atoms with Crippen LogP contribution in [0.3, 0.4) is 0 Å². The van der Waals surface area contributed by atoms with Crippen LogP contribution in [0.15, 0.2) is 49.1 Å². The maximum absolute atomic E-state index is 4.28. The van der Waals surface area contributed by atoms with Crippen molar-refractivity contribution >= 4 is 0 Å². The molecule has 1 atom stereocenters. The van der Waals surface area contributed by atoms with Gasteiger partial charge in [0.1, 0.15) is 0 Å². The first kappa shape index (κ1) is 18.3. The normalized spacial score (nSPS) is 26.2. The van der Waals surface area contributed by atoms with Crippen LogP contribution in [0.5, 0.6) is 0 Å². The number of rotatable bonds is 4. The molecule has 0 unspecified atom stereocenters. The van der Waals surface area contributed by atoms with Gasteiger partial charge in [-0.2, -0.15) is 0 Å². The van der Waals surface area contributed by atoms with E-state index in [-0.39, 0.29) is 0 Å². The van der Waals surface area contributed by atoms with E-state index in [4.69, 9.17) is 0 Å². The van der Waals surface area contributed by atoms with Gasteiger partial charge in [0, 0.05) is 55.4 Å². The van der Waals surface area contributed by atoms with Gasteiger partial charge in [-0.3, -0.25) is 19.8 Å². The summed E-state index contributed by atoms with van der Waals surface area (Å²) in [5, 5.41) is 0. The molecule has 0 bridgehead atoms. The molecule has 2 aromatic rings. The van der Waals surface area contributed by atoms with Crippen LogP contribution in [-0.4, -0.2) is 45.4 Å². The van der Waals surface area contributed by atoms with Gasteiger partial charge in [0.25, 0.3) is 0 Å². The van der Waals surface area contributed by atoms with E-state index in [2.05, 4.69) is 38.0 Å². The number of nitrogens with zero attached hydrogens (tertiary/aromatic N) is 4. The second kappa shape index (κ2) is 7.92. The standard InChI is InChI=1S/C24H32N4/c1-2-10-24(11-3-1)19-28(23(24)21-6-13-25-14-7-21)22-8-15-27(16-9-22)18-20-5-4-12-26-17-20/h4-7,12-14,17,22-23H,1-3,8-11,15-16,18-19H2/t23-/m1/s1. The lowest BCUT2D eigenvalue weighted by Gasteiger charge is -2.63. The third kappa shape index (κ3) is 3.48. The van der Waals surface area contributed by atoms with Gasteiger partial charge in [-0.15, -0.1) is 0 Å². The molecule has 1 spiro atoms. The number of piperidine rings is 1. The van der Waals surface area contributed by atoms with Crippen molar-refractivity contribution in [2.75, 3.05) is 19.6 Å². The Balaban J connectivity index is 1.26. The van der Waals surface area contributed by atoms with Crippen molar-refractivity contribution in [3.63, 3.8) is 0 Å². The minimum Gasteiger partial charge on any atom is -0.299 e. The molecule has 4 nitrogen and oxygen atoms in total. The predicted octanol–water partition coefficient (Wildman–Crippen LogP) is 4.45. The fourth-order valence-corrected chi connectivity index (χ4v) is 6.06. The van der Waals surface area contributed by atoms with Crippen LogP contribution in [0.4, 0.5) is 0 Å². The largest absolute Gasteiger partial charge is 0.299 e. The number of aromatic nitrogens is 2. The summed E-state index contributed by atoms with van der Waals surface area (Å²) < 4.78 is 0. The van der Waals surface area contributed by atoms with E-state index in [0.29, 0.717) is 11.5 Å². The average molecular weight is 377 g/mol. The summed E-state index contributed by atoms with van der Waals surface area (Å²) in [5.74, 6) is 0. The monoisotopic (exact) mass is 376 g/mol. The highest BCUT2D eigenvalue weighted by Crippen LogP contribution is 2.58. The molecule has 2 aromatic heterocycles. The summed E-state index contributed by atoms with van der Waals surface area (Å²) in [6.07, 6.45) is 17.5. The van der Waals surface area contributed by atoms with Crippen LogP contribution in [0.2, 0.25) is 0 Å². The van der Waals surface area contributed by atoms with Crippen LogP contribution >= 0.6 is 0 Å².